The third-order valence-corrected chi connectivity index (χ3v) is 3.14. The van der Waals surface area contributed by atoms with Gasteiger partial charge in [0.15, 0.2) is 0 Å². The molecule has 0 spiro atoms. The van der Waals surface area contributed by atoms with Crippen molar-refractivity contribution in [2.75, 3.05) is 7.11 Å². The van der Waals surface area contributed by atoms with Gasteiger partial charge in [0.1, 0.15) is 11.8 Å². The van der Waals surface area contributed by atoms with Crippen molar-refractivity contribution in [1.29, 1.82) is 5.26 Å². The van der Waals surface area contributed by atoms with E-state index in [1.807, 2.05) is 6.07 Å². The monoisotopic (exact) mass is 287 g/mol. The van der Waals surface area contributed by atoms with Gasteiger partial charge in [-0.15, -0.1) is 0 Å². The molecule has 0 bridgehead atoms. The Labute approximate surface area is 120 Å². The number of rotatable bonds is 2. The summed E-state index contributed by atoms with van der Waals surface area (Å²) in [5.74, 6) is -0.585. The van der Waals surface area contributed by atoms with Crippen LogP contribution < -0.4 is 0 Å². The van der Waals surface area contributed by atoms with E-state index in [4.69, 9.17) is 16.9 Å². The van der Waals surface area contributed by atoms with Crippen molar-refractivity contribution in [1.82, 2.24) is 0 Å². The summed E-state index contributed by atoms with van der Waals surface area (Å²) in [6.07, 6.45) is 0. The summed E-state index contributed by atoms with van der Waals surface area (Å²) >= 11 is 6.04. The average molecular weight is 288 g/mol. The van der Waals surface area contributed by atoms with Gasteiger partial charge in [0.2, 0.25) is 0 Å². The quantitative estimate of drug-likeness (QED) is 0.860. The molecule has 0 amide bonds. The van der Waals surface area contributed by atoms with E-state index in [0.29, 0.717) is 0 Å². The highest BCUT2D eigenvalue weighted by Crippen LogP contribution is 2.29. The van der Waals surface area contributed by atoms with Gasteiger partial charge in [0.25, 0.3) is 0 Å². The second-order valence-corrected chi connectivity index (χ2v) is 4.44. The molecule has 0 atom stereocenters. The van der Waals surface area contributed by atoms with Crippen LogP contribution in [0.4, 0.5) is 0 Å². The van der Waals surface area contributed by atoms with E-state index in [1.54, 1.807) is 30.3 Å². The Balaban J connectivity index is 2.47. The van der Waals surface area contributed by atoms with Crippen LogP contribution in [0.15, 0.2) is 36.4 Å². The molecule has 0 aliphatic heterocycles. The molecule has 0 radical (unpaired) electrons. The number of hydrogen-bond donors (Lipinski definition) is 1. The molecule has 5 heteroatoms. The van der Waals surface area contributed by atoms with Gasteiger partial charge in [-0.25, -0.2) is 4.79 Å². The van der Waals surface area contributed by atoms with E-state index in [-0.39, 0.29) is 21.9 Å². The molecule has 0 saturated heterocycles. The molecule has 1 N–H and O–H groups in total. The molecule has 0 aliphatic rings. The molecule has 0 heterocycles. The fraction of sp³-hybridized carbons (Fsp3) is 0.0667. The lowest BCUT2D eigenvalue weighted by atomic mass is 10.0. The molecule has 4 nitrogen and oxygen atoms in total. The van der Waals surface area contributed by atoms with E-state index >= 15 is 0 Å². The van der Waals surface area contributed by atoms with Gasteiger partial charge in [-0.05, 0) is 35.4 Å². The van der Waals surface area contributed by atoms with Crippen molar-refractivity contribution in [3.63, 3.8) is 0 Å². The molecule has 0 aliphatic carbocycles. The van der Waals surface area contributed by atoms with Crippen molar-refractivity contribution in [2.24, 2.45) is 0 Å². The van der Waals surface area contributed by atoms with Crippen LogP contribution in [0.2, 0.25) is 5.02 Å². The highest BCUT2D eigenvalue weighted by Gasteiger charge is 2.12. The zero-order valence-corrected chi connectivity index (χ0v) is 11.3. The van der Waals surface area contributed by atoms with Crippen LogP contribution in [0.3, 0.4) is 0 Å². The number of esters is 1. The lowest BCUT2D eigenvalue weighted by molar-refractivity contribution is 0.0601. The fourth-order valence-corrected chi connectivity index (χ4v) is 2.03. The lowest BCUT2D eigenvalue weighted by Crippen LogP contribution is -2.01. The summed E-state index contributed by atoms with van der Waals surface area (Å²) in [5.41, 5.74) is 1.91. The van der Waals surface area contributed by atoms with Crippen molar-refractivity contribution in [2.45, 2.75) is 0 Å². The van der Waals surface area contributed by atoms with Gasteiger partial charge < -0.3 is 9.84 Å². The van der Waals surface area contributed by atoms with Gasteiger partial charge >= 0.3 is 5.97 Å². The second-order valence-electron chi connectivity index (χ2n) is 4.03. The third-order valence-electron chi connectivity index (χ3n) is 2.82. The average Bonchev–Trinajstić information content (AvgIpc) is 2.47. The molecule has 2 aromatic rings. The summed E-state index contributed by atoms with van der Waals surface area (Å²) in [4.78, 5) is 11.4. The number of phenolic OH excluding ortho intramolecular Hbond substituents is 1. The van der Waals surface area contributed by atoms with Gasteiger partial charge in [-0.1, -0.05) is 23.7 Å². The van der Waals surface area contributed by atoms with Crippen LogP contribution in [-0.4, -0.2) is 18.2 Å². The number of hydrogen-bond acceptors (Lipinski definition) is 4. The first-order valence-corrected chi connectivity index (χ1v) is 6.06. The summed E-state index contributed by atoms with van der Waals surface area (Å²) in [6, 6.07) is 11.4. The van der Waals surface area contributed by atoms with Crippen LogP contribution in [0.25, 0.3) is 11.1 Å². The second kappa shape index (κ2) is 5.64. The van der Waals surface area contributed by atoms with Gasteiger partial charge in [0, 0.05) is 0 Å². The van der Waals surface area contributed by atoms with Crippen molar-refractivity contribution in [3.05, 3.63) is 52.5 Å². The van der Waals surface area contributed by atoms with Crippen LogP contribution >= 0.6 is 11.6 Å². The molecule has 100 valence electrons. The van der Waals surface area contributed by atoms with E-state index in [2.05, 4.69) is 4.74 Å². The number of phenols is 1. The highest BCUT2D eigenvalue weighted by atomic mass is 35.5. The minimum atomic E-state index is -0.509. The Morgan fingerprint density at radius 3 is 2.50 bits per heavy atom. The predicted octanol–water partition coefficient (Wildman–Crippen LogP) is 3.37. The minimum Gasteiger partial charge on any atom is -0.507 e. The molecule has 2 aromatic carbocycles. The maximum Gasteiger partial charge on any atom is 0.339 e. The largest absolute Gasteiger partial charge is 0.507 e. The summed E-state index contributed by atoms with van der Waals surface area (Å²) < 4.78 is 4.62. The zero-order valence-electron chi connectivity index (χ0n) is 10.6. The topological polar surface area (TPSA) is 70.3 Å². The third kappa shape index (κ3) is 2.58. The van der Waals surface area contributed by atoms with Crippen LogP contribution in [0, 0.1) is 11.3 Å². The highest BCUT2D eigenvalue weighted by molar-refractivity contribution is 6.33. The maximum absolute atomic E-state index is 11.4. The normalized spacial score (nSPS) is 9.85. The minimum absolute atomic E-state index is 0.0754. The number of carbonyl (C=O) groups excluding carboxylic acids is 1. The maximum atomic E-state index is 11.4. The van der Waals surface area contributed by atoms with E-state index < -0.39 is 5.97 Å². The van der Waals surface area contributed by atoms with Crippen molar-refractivity contribution < 1.29 is 14.6 Å². The van der Waals surface area contributed by atoms with Crippen LogP contribution in [-0.2, 0) is 4.74 Å². The number of methoxy groups -OCH3 is 1. The fourth-order valence-electron chi connectivity index (χ4n) is 1.78. The van der Waals surface area contributed by atoms with Crippen molar-refractivity contribution in [3.8, 4) is 22.9 Å². The first-order valence-electron chi connectivity index (χ1n) is 5.68. The standard InChI is InChI=1S/C15H10ClNO3/c1-20-15(19)12-4-2-10(7-13(12)16)9-3-5-14(18)11(6-9)8-17/h2-7,18H,1H3. The Kier molecular flexibility index (Phi) is 3.92. The molecular formula is C15H10ClNO3. The predicted molar refractivity (Wildman–Crippen MR) is 74.6 cm³/mol. The first-order chi connectivity index (χ1) is 9.56. The molecule has 0 saturated carbocycles. The number of nitriles is 1. The number of aromatic hydroxyl groups is 1. The molecule has 20 heavy (non-hydrogen) atoms. The summed E-state index contributed by atoms with van der Waals surface area (Å²) in [7, 11) is 1.28. The van der Waals surface area contributed by atoms with E-state index in [1.165, 1.54) is 13.2 Å². The Hall–Kier alpha value is -2.51. The lowest BCUT2D eigenvalue weighted by Gasteiger charge is -2.07. The zero-order chi connectivity index (χ0) is 14.7. The molecule has 0 aromatic heterocycles. The van der Waals surface area contributed by atoms with Gasteiger partial charge in [-0.3, -0.25) is 0 Å². The van der Waals surface area contributed by atoms with E-state index in [9.17, 15) is 9.90 Å². The van der Waals surface area contributed by atoms with E-state index in [0.717, 1.165) is 11.1 Å². The SMILES string of the molecule is COC(=O)c1ccc(-c2ccc(O)c(C#N)c2)cc1Cl. The van der Waals surface area contributed by atoms with Crippen LogP contribution in [0.1, 0.15) is 15.9 Å². The molecular weight excluding hydrogens is 278 g/mol. The number of ether oxygens (including phenoxy) is 1. The number of halogens is 1. The number of benzene rings is 2. The van der Waals surface area contributed by atoms with Crippen LogP contribution in [0.5, 0.6) is 5.75 Å². The van der Waals surface area contributed by atoms with Crippen molar-refractivity contribution >= 4 is 17.6 Å². The Bertz CT molecular complexity index is 720. The van der Waals surface area contributed by atoms with Gasteiger partial charge in [-0.2, -0.15) is 5.26 Å². The summed E-state index contributed by atoms with van der Waals surface area (Å²) in [5, 5.41) is 18.6. The Morgan fingerprint density at radius 2 is 1.90 bits per heavy atom. The van der Waals surface area contributed by atoms with Gasteiger partial charge in [0.05, 0.1) is 23.3 Å². The Morgan fingerprint density at radius 1 is 1.25 bits per heavy atom. The smallest absolute Gasteiger partial charge is 0.339 e. The molecule has 0 unspecified atom stereocenters. The number of carbonyl (C=O) groups is 1. The number of nitrogens with zero attached hydrogens (tertiary/aromatic N) is 1. The molecule has 2 rings (SSSR count). The first kappa shape index (κ1) is 13.9. The summed E-state index contributed by atoms with van der Waals surface area (Å²) in [6.45, 7) is 0. The molecule has 0 fully saturated rings.